The van der Waals surface area contributed by atoms with E-state index in [1.165, 1.54) is 4.68 Å². The summed E-state index contributed by atoms with van der Waals surface area (Å²) in [6.45, 7) is 1.61. The molecule has 2 aromatic rings. The Morgan fingerprint density at radius 3 is 2.93 bits per heavy atom. The lowest BCUT2D eigenvalue weighted by Crippen LogP contribution is -3.09. The third-order valence-corrected chi connectivity index (χ3v) is 4.80. The van der Waals surface area contributed by atoms with Crippen molar-refractivity contribution in [1.29, 1.82) is 0 Å². The molecule has 3 rings (SSSR count). The summed E-state index contributed by atoms with van der Waals surface area (Å²) in [5.74, 6) is 0.340. The van der Waals surface area contributed by atoms with Gasteiger partial charge >= 0.3 is 0 Å². The van der Waals surface area contributed by atoms with E-state index in [9.17, 15) is 9.59 Å². The van der Waals surface area contributed by atoms with Crippen LogP contribution >= 0.6 is 23.8 Å². The van der Waals surface area contributed by atoms with Crippen LogP contribution in [0, 0.1) is 4.84 Å². The van der Waals surface area contributed by atoms with Crippen molar-refractivity contribution >= 4 is 41.3 Å². The fourth-order valence-corrected chi connectivity index (χ4v) is 3.27. The number of para-hydroxylation sites is 1. The van der Waals surface area contributed by atoms with Crippen molar-refractivity contribution in [2.45, 2.75) is 26.1 Å². The standard InChI is InChI=1S/C17H20ClN5O3S/c1-21(9-14(24)19-13-6-3-2-5-12(13)18)11-23-17(27)26-15(20-23)10-22-8-4-7-16(22)25/h2-3,5-6H,4,7-11H2,1H3,(H,19,24)/p+1. The predicted octanol–water partition coefficient (Wildman–Crippen LogP) is 1.09. The zero-order valence-corrected chi connectivity index (χ0v) is 16.5. The second-order valence-corrected chi connectivity index (χ2v) is 7.26. The van der Waals surface area contributed by atoms with Gasteiger partial charge in [0.05, 0.1) is 24.3 Å². The van der Waals surface area contributed by atoms with Gasteiger partial charge in [0.1, 0.15) is 0 Å². The zero-order valence-electron chi connectivity index (χ0n) is 14.9. The average Bonchev–Trinajstić information content (AvgIpc) is 3.16. The van der Waals surface area contributed by atoms with E-state index in [1.54, 1.807) is 29.2 Å². The third kappa shape index (κ3) is 5.15. The number of hydrogen-bond donors (Lipinski definition) is 2. The van der Waals surface area contributed by atoms with E-state index in [-0.39, 0.29) is 23.2 Å². The minimum atomic E-state index is -0.168. The Morgan fingerprint density at radius 2 is 2.22 bits per heavy atom. The molecule has 1 aromatic heterocycles. The first kappa shape index (κ1) is 19.5. The minimum absolute atomic E-state index is 0.102. The quantitative estimate of drug-likeness (QED) is 0.667. The maximum Gasteiger partial charge on any atom is 0.291 e. The summed E-state index contributed by atoms with van der Waals surface area (Å²) in [5.41, 5.74) is 0.576. The molecule has 0 saturated carbocycles. The monoisotopic (exact) mass is 410 g/mol. The van der Waals surface area contributed by atoms with Crippen molar-refractivity contribution in [3.8, 4) is 0 Å². The van der Waals surface area contributed by atoms with Crippen molar-refractivity contribution in [2.24, 2.45) is 0 Å². The van der Waals surface area contributed by atoms with Crippen LogP contribution in [0.2, 0.25) is 5.02 Å². The first-order valence-electron chi connectivity index (χ1n) is 8.62. The van der Waals surface area contributed by atoms with Crippen molar-refractivity contribution in [3.05, 3.63) is 40.0 Å². The second-order valence-electron chi connectivity index (χ2n) is 6.50. The van der Waals surface area contributed by atoms with E-state index in [0.29, 0.717) is 42.8 Å². The number of hydrogen-bond acceptors (Lipinski definition) is 5. The number of benzene rings is 1. The van der Waals surface area contributed by atoms with Gasteiger partial charge in [-0.3, -0.25) is 9.59 Å². The zero-order chi connectivity index (χ0) is 19.4. The van der Waals surface area contributed by atoms with Crippen LogP contribution in [-0.4, -0.2) is 46.6 Å². The van der Waals surface area contributed by atoms with Gasteiger partial charge in [0.25, 0.3) is 10.7 Å². The Balaban J connectivity index is 1.55. The van der Waals surface area contributed by atoms with Crippen molar-refractivity contribution in [1.82, 2.24) is 14.7 Å². The molecule has 144 valence electrons. The molecule has 2 amide bonds. The molecule has 1 unspecified atom stereocenters. The number of amides is 2. The van der Waals surface area contributed by atoms with Gasteiger partial charge in [-0.05, 0) is 30.8 Å². The normalized spacial score (nSPS) is 15.2. The molecule has 8 nitrogen and oxygen atoms in total. The fourth-order valence-electron chi connectivity index (χ4n) is 2.89. The Hall–Kier alpha value is -2.23. The number of quaternary nitrogens is 1. The molecule has 2 heterocycles. The van der Waals surface area contributed by atoms with Gasteiger partial charge in [0.15, 0.2) is 13.2 Å². The fraction of sp³-hybridized carbons (Fsp3) is 0.412. The largest absolute Gasteiger partial charge is 0.412 e. The van der Waals surface area contributed by atoms with Crippen LogP contribution in [-0.2, 0) is 22.8 Å². The smallest absolute Gasteiger partial charge is 0.291 e. The van der Waals surface area contributed by atoms with Gasteiger partial charge in [-0.15, -0.1) is 5.10 Å². The summed E-state index contributed by atoms with van der Waals surface area (Å²) in [4.78, 5) is 26.7. The van der Waals surface area contributed by atoms with Crippen molar-refractivity contribution in [3.63, 3.8) is 0 Å². The molecular weight excluding hydrogens is 390 g/mol. The Kier molecular flexibility index (Phi) is 6.25. The van der Waals surface area contributed by atoms with Gasteiger partial charge in [-0.25, -0.2) is 0 Å². The topological polar surface area (TPSA) is 84.8 Å². The Morgan fingerprint density at radius 1 is 1.44 bits per heavy atom. The summed E-state index contributed by atoms with van der Waals surface area (Å²) in [7, 11) is 1.85. The Bertz CT molecular complexity index is 897. The summed E-state index contributed by atoms with van der Waals surface area (Å²) >= 11 is 11.2. The van der Waals surface area contributed by atoms with Crippen molar-refractivity contribution in [2.75, 3.05) is 25.5 Å². The number of likely N-dealkylation sites (N-methyl/N-ethyl adjacent to an activating group) is 1. The number of rotatable bonds is 7. The van der Waals surface area contributed by atoms with E-state index in [0.717, 1.165) is 11.3 Å². The highest BCUT2D eigenvalue weighted by Gasteiger charge is 2.23. The third-order valence-electron chi connectivity index (χ3n) is 4.18. The number of aromatic nitrogens is 2. The molecule has 1 saturated heterocycles. The molecule has 0 bridgehead atoms. The van der Waals surface area contributed by atoms with Crippen LogP contribution < -0.4 is 10.2 Å². The molecule has 27 heavy (non-hydrogen) atoms. The van der Waals surface area contributed by atoms with Crippen LogP contribution in [0.1, 0.15) is 18.7 Å². The number of carbonyl (C=O) groups excluding carboxylic acids is 2. The van der Waals surface area contributed by atoms with Gasteiger partial charge in [-0.2, -0.15) is 4.68 Å². The van der Waals surface area contributed by atoms with Crippen LogP contribution in [0.15, 0.2) is 28.7 Å². The molecule has 0 aliphatic carbocycles. The molecule has 1 aromatic carbocycles. The number of anilines is 1. The molecule has 10 heteroatoms. The van der Waals surface area contributed by atoms with E-state index in [2.05, 4.69) is 10.4 Å². The number of halogens is 1. The van der Waals surface area contributed by atoms with Crippen LogP contribution in [0.4, 0.5) is 5.69 Å². The van der Waals surface area contributed by atoms with E-state index in [1.807, 2.05) is 7.05 Å². The molecule has 1 aliphatic heterocycles. The minimum Gasteiger partial charge on any atom is -0.412 e. The number of carbonyl (C=O) groups is 2. The maximum atomic E-state index is 12.2. The number of likely N-dealkylation sites (tertiary alicyclic amines) is 1. The van der Waals surface area contributed by atoms with Crippen molar-refractivity contribution < 1.29 is 18.9 Å². The summed E-state index contributed by atoms with van der Waals surface area (Å²) < 4.78 is 7.01. The average molecular weight is 411 g/mol. The Labute approximate surface area is 166 Å². The summed E-state index contributed by atoms with van der Waals surface area (Å²) in [6, 6.07) is 7.07. The molecule has 1 atom stereocenters. The molecule has 1 fully saturated rings. The van der Waals surface area contributed by atoms with Crippen LogP contribution in [0.25, 0.3) is 0 Å². The first-order chi connectivity index (χ1) is 12.9. The molecule has 0 spiro atoms. The molecule has 1 aliphatic rings. The lowest BCUT2D eigenvalue weighted by molar-refractivity contribution is -0.895. The van der Waals surface area contributed by atoms with E-state index in [4.69, 9.17) is 28.2 Å². The van der Waals surface area contributed by atoms with Crippen LogP contribution in [0.5, 0.6) is 0 Å². The van der Waals surface area contributed by atoms with Gasteiger partial charge in [0, 0.05) is 13.0 Å². The van der Waals surface area contributed by atoms with E-state index >= 15 is 0 Å². The molecule has 0 radical (unpaired) electrons. The maximum absolute atomic E-state index is 12.2. The number of nitrogens with zero attached hydrogens (tertiary/aromatic N) is 3. The summed E-state index contributed by atoms with van der Waals surface area (Å²) in [5, 5.41) is 7.61. The predicted molar refractivity (Wildman–Crippen MR) is 102 cm³/mol. The lowest BCUT2D eigenvalue weighted by atomic mass is 10.3. The lowest BCUT2D eigenvalue weighted by Gasteiger charge is -2.14. The highest BCUT2D eigenvalue weighted by atomic mass is 35.5. The highest BCUT2D eigenvalue weighted by molar-refractivity contribution is 7.71. The van der Waals surface area contributed by atoms with E-state index < -0.39 is 0 Å². The van der Waals surface area contributed by atoms with Gasteiger partial charge < -0.3 is 19.5 Å². The van der Waals surface area contributed by atoms with Gasteiger partial charge in [0.2, 0.25) is 11.8 Å². The van der Waals surface area contributed by atoms with Gasteiger partial charge in [-0.1, -0.05) is 23.7 Å². The highest BCUT2D eigenvalue weighted by Crippen LogP contribution is 2.19. The second kappa shape index (κ2) is 8.64. The molecular formula is C17H21ClN5O3S+. The SMILES string of the molecule is C[NH+](CC(=O)Nc1ccccc1Cl)Cn1nc(CN2CCCC2=O)oc1=S. The summed E-state index contributed by atoms with van der Waals surface area (Å²) in [6.07, 6.45) is 1.42. The van der Waals surface area contributed by atoms with Crippen LogP contribution in [0.3, 0.4) is 0 Å². The molecule has 2 N–H and O–H groups in total. The first-order valence-corrected chi connectivity index (χ1v) is 9.41. The number of nitrogens with one attached hydrogen (secondary N) is 2.